The summed E-state index contributed by atoms with van der Waals surface area (Å²) in [4.78, 5) is 26.0. The fourth-order valence-corrected chi connectivity index (χ4v) is 3.24. The van der Waals surface area contributed by atoms with Crippen LogP contribution in [0, 0.1) is 5.92 Å². The Bertz CT molecular complexity index is 618. The molecule has 0 bridgehead atoms. The molecule has 1 aliphatic heterocycles. The van der Waals surface area contributed by atoms with Crippen molar-refractivity contribution in [2.24, 2.45) is 5.92 Å². The van der Waals surface area contributed by atoms with Crippen LogP contribution in [-0.2, 0) is 4.79 Å². The first-order chi connectivity index (χ1) is 12.2. The van der Waals surface area contributed by atoms with Gasteiger partial charge in [0.25, 0.3) is 5.91 Å². The van der Waals surface area contributed by atoms with Gasteiger partial charge in [0.2, 0.25) is 5.91 Å². The van der Waals surface area contributed by atoms with Gasteiger partial charge in [0.1, 0.15) is 12.2 Å². The first-order valence-electron chi connectivity index (χ1n) is 8.94. The van der Waals surface area contributed by atoms with E-state index in [-0.39, 0.29) is 23.4 Å². The van der Waals surface area contributed by atoms with Gasteiger partial charge in [0, 0.05) is 30.6 Å². The van der Waals surface area contributed by atoms with Crippen molar-refractivity contribution >= 4 is 11.8 Å². The van der Waals surface area contributed by atoms with Gasteiger partial charge in [-0.3, -0.25) is 14.7 Å². The quantitative estimate of drug-likeness (QED) is 0.804. The Morgan fingerprint density at radius 1 is 1.31 bits per heavy atom. The fraction of sp³-hybridized carbons (Fsp3) is 0.706. The molecule has 2 heterocycles. The molecule has 1 fully saturated rings. The molecule has 1 aromatic heterocycles. The van der Waals surface area contributed by atoms with Crippen LogP contribution in [0.25, 0.3) is 0 Å². The summed E-state index contributed by atoms with van der Waals surface area (Å²) >= 11 is 0. The van der Waals surface area contributed by atoms with E-state index in [0.29, 0.717) is 13.1 Å². The lowest BCUT2D eigenvalue weighted by Crippen LogP contribution is -2.41. The van der Waals surface area contributed by atoms with Gasteiger partial charge < -0.3 is 10.2 Å². The van der Waals surface area contributed by atoms with Crippen molar-refractivity contribution in [3.05, 3.63) is 17.5 Å². The standard InChI is InChI=1S/C17H25F3N4O2/c1-3-11(4-2)16(26)24-7-5-12(6-8-24)13-9-14(23-22-13)15(25)21-10-17(18,19)20/h9,11-12H,3-8,10H2,1-2H3,(H,21,25)(H,22,23). The van der Waals surface area contributed by atoms with Gasteiger partial charge in [0.05, 0.1) is 0 Å². The van der Waals surface area contributed by atoms with Crippen molar-refractivity contribution in [2.45, 2.75) is 51.6 Å². The van der Waals surface area contributed by atoms with E-state index >= 15 is 0 Å². The largest absolute Gasteiger partial charge is 0.405 e. The highest BCUT2D eigenvalue weighted by Crippen LogP contribution is 2.28. The number of hydrogen-bond acceptors (Lipinski definition) is 3. The number of alkyl halides is 3. The van der Waals surface area contributed by atoms with Gasteiger partial charge in [-0.1, -0.05) is 13.8 Å². The van der Waals surface area contributed by atoms with E-state index in [1.54, 1.807) is 5.32 Å². The van der Waals surface area contributed by atoms with Crippen LogP contribution in [0.3, 0.4) is 0 Å². The minimum atomic E-state index is -4.46. The minimum Gasteiger partial charge on any atom is -0.342 e. The zero-order valence-electron chi connectivity index (χ0n) is 15.0. The normalized spacial score (nSPS) is 16.2. The van der Waals surface area contributed by atoms with Crippen LogP contribution in [0.4, 0.5) is 13.2 Å². The monoisotopic (exact) mass is 374 g/mol. The Kier molecular flexibility index (Phi) is 6.66. The number of carbonyl (C=O) groups is 2. The first-order valence-corrected chi connectivity index (χ1v) is 8.94. The molecular formula is C17H25F3N4O2. The SMILES string of the molecule is CCC(CC)C(=O)N1CCC(c2cc(C(=O)NCC(F)(F)F)n[nH]2)CC1. The molecule has 2 N–H and O–H groups in total. The lowest BCUT2D eigenvalue weighted by Gasteiger charge is -2.33. The number of rotatable bonds is 6. The molecule has 0 radical (unpaired) electrons. The number of H-pyrrole nitrogens is 1. The molecule has 1 aliphatic rings. The lowest BCUT2D eigenvalue weighted by molar-refractivity contribution is -0.136. The van der Waals surface area contributed by atoms with Crippen LogP contribution in [0.5, 0.6) is 0 Å². The molecule has 0 spiro atoms. The molecule has 0 aliphatic carbocycles. The Morgan fingerprint density at radius 2 is 1.92 bits per heavy atom. The number of nitrogens with zero attached hydrogens (tertiary/aromatic N) is 2. The molecule has 0 unspecified atom stereocenters. The Labute approximate surface area is 150 Å². The lowest BCUT2D eigenvalue weighted by atomic mass is 9.92. The maximum atomic E-state index is 12.4. The predicted molar refractivity (Wildman–Crippen MR) is 89.6 cm³/mol. The maximum absolute atomic E-state index is 12.4. The van der Waals surface area contributed by atoms with Crippen molar-refractivity contribution in [3.63, 3.8) is 0 Å². The van der Waals surface area contributed by atoms with Crippen LogP contribution >= 0.6 is 0 Å². The predicted octanol–water partition coefficient (Wildman–Crippen LogP) is 2.84. The summed E-state index contributed by atoms with van der Waals surface area (Å²) in [6.07, 6.45) is -1.34. The van der Waals surface area contributed by atoms with Crippen molar-refractivity contribution in [2.75, 3.05) is 19.6 Å². The molecule has 0 aromatic carbocycles. The Morgan fingerprint density at radius 3 is 2.46 bits per heavy atom. The maximum Gasteiger partial charge on any atom is 0.405 e. The number of halogens is 3. The molecule has 0 saturated carbocycles. The number of likely N-dealkylation sites (tertiary alicyclic amines) is 1. The fourth-order valence-electron chi connectivity index (χ4n) is 3.24. The zero-order valence-corrected chi connectivity index (χ0v) is 15.0. The molecule has 26 heavy (non-hydrogen) atoms. The number of hydrogen-bond donors (Lipinski definition) is 2. The van der Waals surface area contributed by atoms with Gasteiger partial charge in [-0.25, -0.2) is 0 Å². The topological polar surface area (TPSA) is 78.1 Å². The summed E-state index contributed by atoms with van der Waals surface area (Å²) in [7, 11) is 0. The summed E-state index contributed by atoms with van der Waals surface area (Å²) in [6, 6.07) is 1.49. The van der Waals surface area contributed by atoms with Crippen molar-refractivity contribution in [3.8, 4) is 0 Å². The highest BCUT2D eigenvalue weighted by atomic mass is 19.4. The van der Waals surface area contributed by atoms with Gasteiger partial charge in [-0.15, -0.1) is 0 Å². The third kappa shape index (κ3) is 5.22. The molecule has 1 saturated heterocycles. The third-order valence-corrected chi connectivity index (χ3v) is 4.86. The van der Waals surface area contributed by atoms with Gasteiger partial charge in [-0.2, -0.15) is 18.3 Å². The second kappa shape index (κ2) is 8.55. The Balaban J connectivity index is 1.89. The smallest absolute Gasteiger partial charge is 0.342 e. The molecule has 6 nitrogen and oxygen atoms in total. The van der Waals surface area contributed by atoms with Crippen molar-refractivity contribution < 1.29 is 22.8 Å². The van der Waals surface area contributed by atoms with E-state index in [0.717, 1.165) is 31.4 Å². The van der Waals surface area contributed by atoms with Gasteiger partial charge >= 0.3 is 6.18 Å². The van der Waals surface area contributed by atoms with E-state index in [2.05, 4.69) is 10.2 Å². The number of carbonyl (C=O) groups excluding carboxylic acids is 2. The summed E-state index contributed by atoms with van der Waals surface area (Å²) < 4.78 is 36.5. The molecule has 1 aromatic rings. The zero-order chi connectivity index (χ0) is 19.3. The van der Waals surface area contributed by atoms with E-state index in [1.807, 2.05) is 18.7 Å². The van der Waals surface area contributed by atoms with E-state index in [9.17, 15) is 22.8 Å². The number of nitrogens with one attached hydrogen (secondary N) is 2. The van der Waals surface area contributed by atoms with Crippen molar-refractivity contribution in [1.82, 2.24) is 20.4 Å². The van der Waals surface area contributed by atoms with Crippen LogP contribution in [-0.4, -0.2) is 52.7 Å². The second-order valence-electron chi connectivity index (χ2n) is 6.62. The summed E-state index contributed by atoms with van der Waals surface area (Å²) in [6.45, 7) is 3.90. The van der Waals surface area contributed by atoms with Crippen LogP contribution in [0.15, 0.2) is 6.07 Å². The molecular weight excluding hydrogens is 349 g/mol. The number of aromatic amines is 1. The van der Waals surface area contributed by atoms with E-state index < -0.39 is 18.6 Å². The molecule has 146 valence electrons. The van der Waals surface area contributed by atoms with Gasteiger partial charge in [0.15, 0.2) is 0 Å². The Hall–Kier alpha value is -2.06. The number of amides is 2. The van der Waals surface area contributed by atoms with E-state index in [4.69, 9.17) is 0 Å². The summed E-state index contributed by atoms with van der Waals surface area (Å²) in [5.41, 5.74) is 0.663. The first kappa shape index (κ1) is 20.3. The minimum absolute atomic E-state index is 0.0558. The third-order valence-electron chi connectivity index (χ3n) is 4.86. The molecule has 2 amide bonds. The number of aromatic nitrogens is 2. The van der Waals surface area contributed by atoms with Crippen LogP contribution in [0.1, 0.15) is 61.6 Å². The van der Waals surface area contributed by atoms with Crippen LogP contribution in [0.2, 0.25) is 0 Å². The highest BCUT2D eigenvalue weighted by molar-refractivity contribution is 5.92. The summed E-state index contributed by atoms with van der Waals surface area (Å²) in [5.74, 6) is -0.503. The number of piperidine rings is 1. The molecule has 2 rings (SSSR count). The molecule has 0 atom stereocenters. The second-order valence-corrected chi connectivity index (χ2v) is 6.62. The summed E-state index contributed by atoms with van der Waals surface area (Å²) in [5, 5.41) is 8.37. The van der Waals surface area contributed by atoms with Crippen LogP contribution < -0.4 is 5.32 Å². The average Bonchev–Trinajstić information content (AvgIpc) is 3.10. The van der Waals surface area contributed by atoms with Gasteiger partial charge in [-0.05, 0) is 31.7 Å². The van der Waals surface area contributed by atoms with Crippen molar-refractivity contribution in [1.29, 1.82) is 0 Å². The average molecular weight is 374 g/mol. The highest BCUT2D eigenvalue weighted by Gasteiger charge is 2.30. The van der Waals surface area contributed by atoms with E-state index in [1.165, 1.54) is 6.07 Å². The molecule has 9 heteroatoms.